The Morgan fingerprint density at radius 3 is 2.71 bits per heavy atom. The van der Waals surface area contributed by atoms with Crippen molar-refractivity contribution in [1.82, 2.24) is 10.2 Å². The van der Waals surface area contributed by atoms with Gasteiger partial charge in [-0.2, -0.15) is 0 Å². The van der Waals surface area contributed by atoms with Crippen molar-refractivity contribution in [2.24, 2.45) is 22.2 Å². The summed E-state index contributed by atoms with van der Waals surface area (Å²) >= 11 is 0. The van der Waals surface area contributed by atoms with Crippen LogP contribution in [0.2, 0.25) is 0 Å². The van der Waals surface area contributed by atoms with Crippen LogP contribution in [-0.4, -0.2) is 63.5 Å². The number of aliphatic imine (C=N–C) groups is 1. The molecule has 2 saturated heterocycles. The maximum atomic E-state index is 6.09. The molecular weight excluding hydrogens is 417 g/mol. The van der Waals surface area contributed by atoms with Gasteiger partial charge in [0, 0.05) is 57.1 Å². The van der Waals surface area contributed by atoms with E-state index in [1.807, 2.05) is 7.05 Å². The van der Waals surface area contributed by atoms with Crippen molar-refractivity contribution in [2.75, 3.05) is 40.5 Å². The summed E-state index contributed by atoms with van der Waals surface area (Å²) in [6.07, 6.45) is 8.26. The Morgan fingerprint density at radius 1 is 1.25 bits per heavy atom. The van der Waals surface area contributed by atoms with E-state index in [1.54, 1.807) is 0 Å². The van der Waals surface area contributed by atoms with Gasteiger partial charge in [0.15, 0.2) is 5.96 Å². The van der Waals surface area contributed by atoms with Crippen LogP contribution >= 0.6 is 24.0 Å². The molecule has 5 nitrogen and oxygen atoms in total. The highest BCUT2D eigenvalue weighted by Gasteiger charge is 2.65. The van der Waals surface area contributed by atoms with Crippen LogP contribution in [-0.2, 0) is 9.47 Å². The molecule has 2 heterocycles. The molecule has 4 atom stereocenters. The molecule has 24 heavy (non-hydrogen) atoms. The minimum absolute atomic E-state index is 0. The van der Waals surface area contributed by atoms with Gasteiger partial charge in [-0.1, -0.05) is 12.8 Å². The Balaban J connectivity index is 0.00000169. The van der Waals surface area contributed by atoms with Gasteiger partial charge in [-0.15, -0.1) is 24.0 Å². The SMILES string of the molecule is CN=C(NC1C2CCOC2C12CCCC2)N(C)CC1CCOC1.I. The molecule has 2 aliphatic carbocycles. The number of halogens is 1. The minimum Gasteiger partial charge on any atom is -0.381 e. The van der Waals surface area contributed by atoms with Gasteiger partial charge >= 0.3 is 0 Å². The lowest BCUT2D eigenvalue weighted by Gasteiger charge is -2.57. The summed E-state index contributed by atoms with van der Waals surface area (Å²) < 4.78 is 11.6. The van der Waals surface area contributed by atoms with Crippen LogP contribution in [0.3, 0.4) is 0 Å². The summed E-state index contributed by atoms with van der Waals surface area (Å²) in [6, 6.07) is 0.554. The molecule has 0 aromatic rings. The van der Waals surface area contributed by atoms with E-state index in [9.17, 15) is 0 Å². The molecule has 1 spiro atoms. The molecule has 2 saturated carbocycles. The van der Waals surface area contributed by atoms with Gasteiger partial charge in [0.05, 0.1) is 12.7 Å². The first kappa shape index (κ1) is 18.7. The van der Waals surface area contributed by atoms with E-state index in [-0.39, 0.29) is 24.0 Å². The molecule has 4 aliphatic rings. The van der Waals surface area contributed by atoms with Crippen molar-refractivity contribution in [2.45, 2.75) is 50.7 Å². The molecule has 6 heteroatoms. The number of hydrogen-bond donors (Lipinski definition) is 1. The summed E-state index contributed by atoms with van der Waals surface area (Å²) in [7, 11) is 4.07. The van der Waals surface area contributed by atoms with Crippen LogP contribution in [0, 0.1) is 17.3 Å². The summed E-state index contributed by atoms with van der Waals surface area (Å²) in [6.45, 7) is 3.79. The van der Waals surface area contributed by atoms with E-state index < -0.39 is 0 Å². The van der Waals surface area contributed by atoms with Gasteiger partial charge < -0.3 is 19.7 Å². The number of nitrogens with zero attached hydrogens (tertiary/aromatic N) is 2. The number of hydrogen-bond acceptors (Lipinski definition) is 3. The lowest BCUT2D eigenvalue weighted by Crippen LogP contribution is -2.69. The first-order chi connectivity index (χ1) is 11.2. The highest BCUT2D eigenvalue weighted by molar-refractivity contribution is 14.0. The molecular formula is C18H32IN3O2. The Kier molecular flexibility index (Phi) is 5.97. The molecule has 0 aromatic carbocycles. The Hall–Kier alpha value is -0.0800. The maximum Gasteiger partial charge on any atom is 0.193 e. The number of rotatable bonds is 3. The Bertz CT molecular complexity index is 461. The fourth-order valence-electron chi connectivity index (χ4n) is 5.59. The second kappa shape index (κ2) is 7.66. The molecule has 138 valence electrons. The van der Waals surface area contributed by atoms with E-state index in [1.165, 1.54) is 38.5 Å². The van der Waals surface area contributed by atoms with Gasteiger partial charge in [0.1, 0.15) is 0 Å². The Labute approximate surface area is 162 Å². The third-order valence-electron chi connectivity index (χ3n) is 6.70. The lowest BCUT2D eigenvalue weighted by molar-refractivity contribution is -0.125. The van der Waals surface area contributed by atoms with Gasteiger partial charge in [-0.3, -0.25) is 4.99 Å². The topological polar surface area (TPSA) is 46.1 Å². The quantitative estimate of drug-likeness (QED) is 0.409. The monoisotopic (exact) mass is 449 g/mol. The number of guanidine groups is 1. The largest absolute Gasteiger partial charge is 0.381 e. The Morgan fingerprint density at radius 2 is 2.04 bits per heavy atom. The molecule has 2 aliphatic heterocycles. The first-order valence-corrected chi connectivity index (χ1v) is 9.38. The highest BCUT2D eigenvalue weighted by atomic mass is 127. The number of fused-ring (bicyclic) bond motifs is 2. The van der Waals surface area contributed by atoms with Gasteiger partial charge in [-0.25, -0.2) is 0 Å². The first-order valence-electron chi connectivity index (χ1n) is 9.38. The zero-order valence-electron chi connectivity index (χ0n) is 15.0. The maximum absolute atomic E-state index is 6.09. The van der Waals surface area contributed by atoms with Crippen molar-refractivity contribution in [1.29, 1.82) is 0 Å². The normalized spacial score (nSPS) is 37.0. The molecule has 0 radical (unpaired) electrons. The zero-order valence-corrected chi connectivity index (χ0v) is 17.3. The fourth-order valence-corrected chi connectivity index (χ4v) is 5.59. The zero-order chi connectivity index (χ0) is 15.9. The lowest BCUT2D eigenvalue weighted by atomic mass is 9.54. The molecule has 4 rings (SSSR count). The van der Waals surface area contributed by atoms with E-state index in [0.29, 0.717) is 29.4 Å². The van der Waals surface area contributed by atoms with Crippen molar-refractivity contribution >= 4 is 29.9 Å². The summed E-state index contributed by atoms with van der Waals surface area (Å²) in [5.41, 5.74) is 0.383. The number of nitrogens with one attached hydrogen (secondary N) is 1. The molecule has 0 bridgehead atoms. The third-order valence-corrected chi connectivity index (χ3v) is 6.70. The molecule has 0 aromatic heterocycles. The molecule has 0 amide bonds. The third kappa shape index (κ3) is 3.07. The predicted octanol–water partition coefficient (Wildman–Crippen LogP) is 2.50. The van der Waals surface area contributed by atoms with E-state index in [0.717, 1.165) is 32.3 Å². The van der Waals surface area contributed by atoms with Gasteiger partial charge in [0.25, 0.3) is 0 Å². The van der Waals surface area contributed by atoms with E-state index in [4.69, 9.17) is 9.47 Å². The average Bonchev–Trinajstić information content (AvgIpc) is 3.28. The molecule has 4 fully saturated rings. The molecule has 1 N–H and O–H groups in total. The van der Waals surface area contributed by atoms with Crippen LogP contribution in [0.5, 0.6) is 0 Å². The standard InChI is InChI=1S/C18H31N3O2.HI/c1-19-17(21(2)11-13-5-9-22-12-13)20-15-14-6-10-23-16(14)18(15)7-3-4-8-18;/h13-16H,3-12H2,1-2H3,(H,19,20);1H. The summed E-state index contributed by atoms with van der Waals surface area (Å²) in [4.78, 5) is 6.87. The summed E-state index contributed by atoms with van der Waals surface area (Å²) in [5, 5.41) is 3.84. The smallest absolute Gasteiger partial charge is 0.193 e. The van der Waals surface area contributed by atoms with Crippen LogP contribution in [0.25, 0.3) is 0 Å². The van der Waals surface area contributed by atoms with Gasteiger partial charge in [-0.05, 0) is 25.7 Å². The van der Waals surface area contributed by atoms with Crippen molar-refractivity contribution < 1.29 is 9.47 Å². The van der Waals surface area contributed by atoms with Crippen LogP contribution in [0.4, 0.5) is 0 Å². The van der Waals surface area contributed by atoms with Crippen LogP contribution < -0.4 is 5.32 Å². The van der Waals surface area contributed by atoms with Crippen LogP contribution in [0.15, 0.2) is 4.99 Å². The van der Waals surface area contributed by atoms with Crippen molar-refractivity contribution in [3.8, 4) is 0 Å². The number of ether oxygens (including phenoxy) is 2. The van der Waals surface area contributed by atoms with E-state index >= 15 is 0 Å². The average molecular weight is 449 g/mol. The van der Waals surface area contributed by atoms with Crippen molar-refractivity contribution in [3.63, 3.8) is 0 Å². The summed E-state index contributed by atoms with van der Waals surface area (Å²) in [5.74, 6) is 2.38. The second-order valence-electron chi connectivity index (χ2n) is 7.96. The van der Waals surface area contributed by atoms with Crippen molar-refractivity contribution in [3.05, 3.63) is 0 Å². The van der Waals surface area contributed by atoms with Gasteiger partial charge in [0.2, 0.25) is 0 Å². The van der Waals surface area contributed by atoms with E-state index in [2.05, 4.69) is 22.3 Å². The predicted molar refractivity (Wildman–Crippen MR) is 106 cm³/mol. The fraction of sp³-hybridized carbons (Fsp3) is 0.944. The van der Waals surface area contributed by atoms with Crippen LogP contribution in [0.1, 0.15) is 38.5 Å². The molecule has 4 unspecified atom stereocenters. The highest BCUT2D eigenvalue weighted by Crippen LogP contribution is 2.60. The minimum atomic E-state index is 0. The second-order valence-corrected chi connectivity index (χ2v) is 7.96.